The van der Waals surface area contributed by atoms with Crippen molar-refractivity contribution in [2.75, 3.05) is 12.8 Å². The highest BCUT2D eigenvalue weighted by molar-refractivity contribution is 7.99. The van der Waals surface area contributed by atoms with E-state index in [9.17, 15) is 9.59 Å². The lowest BCUT2D eigenvalue weighted by Gasteiger charge is -2.16. The van der Waals surface area contributed by atoms with Crippen LogP contribution in [-0.2, 0) is 30.7 Å². The molecular formula is C23H23N3O4S2. The van der Waals surface area contributed by atoms with Crippen LogP contribution in [0.5, 0.6) is 0 Å². The van der Waals surface area contributed by atoms with Crippen LogP contribution in [0, 0.1) is 0 Å². The number of aromatic nitrogens is 2. The van der Waals surface area contributed by atoms with E-state index in [4.69, 9.17) is 13.8 Å². The summed E-state index contributed by atoms with van der Waals surface area (Å²) in [5, 5.41) is 1.28. The van der Waals surface area contributed by atoms with Crippen LogP contribution in [0.25, 0.3) is 10.2 Å². The Morgan fingerprint density at radius 3 is 2.69 bits per heavy atom. The average Bonchev–Trinajstić information content (AvgIpc) is 3.55. The number of thiophene rings is 1. The smallest absolute Gasteiger partial charge is 0.263 e. The molecule has 0 aliphatic heterocycles. The predicted octanol–water partition coefficient (Wildman–Crippen LogP) is 4.32. The monoisotopic (exact) mass is 469 g/mol. The molecule has 0 saturated carbocycles. The molecule has 32 heavy (non-hydrogen) atoms. The summed E-state index contributed by atoms with van der Waals surface area (Å²) < 4.78 is 12.5. The largest absolute Gasteiger partial charge is 0.467 e. The molecule has 0 unspecified atom stereocenters. The Balaban J connectivity index is 1.45. The lowest BCUT2D eigenvalue weighted by molar-refractivity contribution is -0.127. The van der Waals surface area contributed by atoms with Gasteiger partial charge in [0.2, 0.25) is 5.91 Å². The van der Waals surface area contributed by atoms with Crippen LogP contribution < -0.4 is 5.56 Å². The highest BCUT2D eigenvalue weighted by atomic mass is 32.2. The van der Waals surface area contributed by atoms with Gasteiger partial charge >= 0.3 is 0 Å². The van der Waals surface area contributed by atoms with E-state index in [0.717, 1.165) is 47.2 Å². The third-order valence-corrected chi connectivity index (χ3v) is 7.80. The molecule has 4 heterocycles. The maximum absolute atomic E-state index is 13.6. The van der Waals surface area contributed by atoms with Gasteiger partial charge in [-0.1, -0.05) is 11.8 Å². The Bertz CT molecular complexity index is 1290. The van der Waals surface area contributed by atoms with Gasteiger partial charge in [-0.25, -0.2) is 4.98 Å². The van der Waals surface area contributed by atoms with Gasteiger partial charge in [0, 0.05) is 11.9 Å². The molecule has 0 radical (unpaired) electrons. The molecule has 1 aliphatic carbocycles. The van der Waals surface area contributed by atoms with Crippen LogP contribution in [0.3, 0.4) is 0 Å². The second kappa shape index (κ2) is 8.99. The van der Waals surface area contributed by atoms with Crippen LogP contribution >= 0.6 is 23.1 Å². The zero-order chi connectivity index (χ0) is 22.1. The molecular weight excluding hydrogens is 446 g/mol. The standard InChI is InChI=1S/C23H23N3O4S2/c1-25(12-15-6-4-10-29-15)19(27)14-31-23-24-21-20(17-8-2-3-9-18(17)32-21)22(28)26(23)13-16-7-5-11-30-16/h4-7,10-11H,2-3,8-9,12-14H2,1H3. The van der Waals surface area contributed by atoms with Gasteiger partial charge < -0.3 is 13.7 Å². The molecule has 4 aromatic heterocycles. The SMILES string of the molecule is CN(Cc1ccco1)C(=O)CSc1nc2sc3c(c2c(=O)n1Cc1ccco1)CCCC3. The first-order valence-electron chi connectivity index (χ1n) is 10.6. The topological polar surface area (TPSA) is 81.5 Å². The number of aryl methyl sites for hydroxylation is 2. The highest BCUT2D eigenvalue weighted by Gasteiger charge is 2.23. The fraction of sp³-hybridized carbons (Fsp3) is 0.348. The Labute approximate surface area is 193 Å². The molecule has 166 valence electrons. The van der Waals surface area contributed by atoms with Gasteiger partial charge in [0.15, 0.2) is 5.16 Å². The summed E-state index contributed by atoms with van der Waals surface area (Å²) in [4.78, 5) is 34.8. The Morgan fingerprint density at radius 2 is 1.94 bits per heavy atom. The average molecular weight is 470 g/mol. The lowest BCUT2D eigenvalue weighted by Crippen LogP contribution is -2.29. The van der Waals surface area contributed by atoms with E-state index >= 15 is 0 Å². The van der Waals surface area contributed by atoms with E-state index < -0.39 is 0 Å². The van der Waals surface area contributed by atoms with E-state index in [-0.39, 0.29) is 23.8 Å². The number of nitrogens with zero attached hydrogens (tertiary/aromatic N) is 3. The molecule has 7 nitrogen and oxygen atoms in total. The van der Waals surface area contributed by atoms with E-state index in [1.54, 1.807) is 52.5 Å². The van der Waals surface area contributed by atoms with E-state index in [1.165, 1.54) is 16.6 Å². The molecule has 4 aromatic rings. The van der Waals surface area contributed by atoms with Gasteiger partial charge in [-0.05, 0) is 55.5 Å². The molecule has 0 saturated heterocycles. The maximum Gasteiger partial charge on any atom is 0.263 e. The quantitative estimate of drug-likeness (QED) is 0.296. The number of hydrogen-bond donors (Lipinski definition) is 0. The van der Waals surface area contributed by atoms with Crippen molar-refractivity contribution in [1.29, 1.82) is 0 Å². The fourth-order valence-electron chi connectivity index (χ4n) is 3.99. The summed E-state index contributed by atoms with van der Waals surface area (Å²) >= 11 is 2.91. The summed E-state index contributed by atoms with van der Waals surface area (Å²) in [6.07, 6.45) is 7.37. The third kappa shape index (κ3) is 4.14. The minimum absolute atomic E-state index is 0.0512. The van der Waals surface area contributed by atoms with Crippen molar-refractivity contribution < 1.29 is 13.6 Å². The Hall–Kier alpha value is -2.78. The summed E-state index contributed by atoms with van der Waals surface area (Å²) in [6.45, 7) is 0.688. The van der Waals surface area contributed by atoms with Gasteiger partial charge in [0.05, 0.1) is 36.8 Å². The number of carbonyl (C=O) groups excluding carboxylic acids is 1. The highest BCUT2D eigenvalue weighted by Crippen LogP contribution is 2.34. The number of fused-ring (bicyclic) bond motifs is 3. The van der Waals surface area contributed by atoms with Gasteiger partial charge in [-0.2, -0.15) is 0 Å². The summed E-state index contributed by atoms with van der Waals surface area (Å²) in [7, 11) is 1.74. The molecule has 9 heteroatoms. The van der Waals surface area contributed by atoms with E-state index in [0.29, 0.717) is 17.5 Å². The normalized spacial score (nSPS) is 13.4. The zero-order valence-corrected chi connectivity index (χ0v) is 19.3. The number of rotatable bonds is 7. The van der Waals surface area contributed by atoms with Crippen molar-refractivity contribution >= 4 is 39.2 Å². The maximum atomic E-state index is 13.6. The van der Waals surface area contributed by atoms with E-state index in [2.05, 4.69) is 0 Å². The Morgan fingerprint density at radius 1 is 1.19 bits per heavy atom. The van der Waals surface area contributed by atoms with Gasteiger partial charge in [-0.15, -0.1) is 11.3 Å². The van der Waals surface area contributed by atoms with Crippen LogP contribution in [-0.4, -0.2) is 33.2 Å². The van der Waals surface area contributed by atoms with Crippen molar-refractivity contribution in [3.8, 4) is 0 Å². The van der Waals surface area contributed by atoms with Crippen molar-refractivity contribution in [3.63, 3.8) is 0 Å². The van der Waals surface area contributed by atoms with Crippen LogP contribution in [0.15, 0.2) is 55.6 Å². The number of amides is 1. The van der Waals surface area contributed by atoms with Gasteiger partial charge in [0.1, 0.15) is 16.4 Å². The molecule has 0 spiro atoms. The Kier molecular flexibility index (Phi) is 5.93. The first-order chi connectivity index (χ1) is 15.6. The minimum Gasteiger partial charge on any atom is -0.467 e. The van der Waals surface area contributed by atoms with E-state index in [1.807, 2.05) is 12.1 Å². The number of carbonyl (C=O) groups is 1. The summed E-state index contributed by atoms with van der Waals surface area (Å²) in [6, 6.07) is 7.29. The predicted molar refractivity (Wildman–Crippen MR) is 124 cm³/mol. The molecule has 0 N–H and O–H groups in total. The summed E-state index contributed by atoms with van der Waals surface area (Å²) in [5.41, 5.74) is 1.11. The number of furan rings is 2. The zero-order valence-electron chi connectivity index (χ0n) is 17.7. The van der Waals surface area contributed by atoms with Crippen molar-refractivity contribution in [1.82, 2.24) is 14.5 Å². The second-order valence-corrected chi connectivity index (χ2v) is 9.90. The number of hydrogen-bond acceptors (Lipinski definition) is 7. The van der Waals surface area contributed by atoms with Crippen molar-refractivity contribution in [2.45, 2.75) is 43.9 Å². The second-order valence-electron chi connectivity index (χ2n) is 7.87. The summed E-state index contributed by atoms with van der Waals surface area (Å²) in [5.74, 6) is 1.53. The van der Waals surface area contributed by atoms with Crippen molar-refractivity contribution in [2.24, 2.45) is 0 Å². The first-order valence-corrected chi connectivity index (χ1v) is 12.4. The molecule has 1 amide bonds. The molecule has 0 bridgehead atoms. The van der Waals surface area contributed by atoms with Gasteiger partial charge in [-0.3, -0.25) is 14.2 Å². The molecule has 0 fully saturated rings. The van der Waals surface area contributed by atoms with Crippen LogP contribution in [0.1, 0.15) is 34.8 Å². The fourth-order valence-corrected chi connectivity index (χ4v) is 6.23. The minimum atomic E-state index is -0.0595. The number of thioether (sulfide) groups is 1. The molecule has 0 aromatic carbocycles. The van der Waals surface area contributed by atoms with Crippen LogP contribution in [0.2, 0.25) is 0 Å². The first kappa shape index (κ1) is 21.1. The molecule has 0 atom stereocenters. The lowest BCUT2D eigenvalue weighted by atomic mass is 9.97. The molecule has 5 rings (SSSR count). The third-order valence-electron chi connectivity index (χ3n) is 5.66. The van der Waals surface area contributed by atoms with Crippen LogP contribution in [0.4, 0.5) is 0 Å². The van der Waals surface area contributed by atoms with Gasteiger partial charge in [0.25, 0.3) is 5.56 Å². The van der Waals surface area contributed by atoms with Crippen molar-refractivity contribution in [3.05, 3.63) is 69.1 Å². The molecule has 1 aliphatic rings.